The van der Waals surface area contributed by atoms with Crippen molar-refractivity contribution in [1.82, 2.24) is 9.38 Å². The molecular weight excluding hydrogens is 354 g/mol. The van der Waals surface area contributed by atoms with Crippen LogP contribution in [-0.2, 0) is 0 Å². The lowest BCUT2D eigenvalue weighted by Gasteiger charge is -2.34. The lowest BCUT2D eigenvalue weighted by Crippen LogP contribution is -2.36. The van der Waals surface area contributed by atoms with E-state index in [4.69, 9.17) is 16.6 Å². The van der Waals surface area contributed by atoms with Crippen LogP contribution in [0.25, 0.3) is 16.9 Å². The van der Waals surface area contributed by atoms with E-state index in [9.17, 15) is 0 Å². The summed E-state index contributed by atoms with van der Waals surface area (Å²) < 4.78 is 2.20. The second-order valence-corrected chi connectivity index (χ2v) is 9.81. The number of nitrogens with one attached hydrogen (secondary N) is 1. The number of hydrogen-bond donors (Lipinski definition) is 1. The highest BCUT2D eigenvalue weighted by atomic mass is 35.5. The Morgan fingerprint density at radius 2 is 1.70 bits per heavy atom. The molecule has 1 aromatic carbocycles. The zero-order valence-electron chi connectivity index (χ0n) is 17.4. The smallest absolute Gasteiger partial charge is 0.139 e. The van der Waals surface area contributed by atoms with Crippen LogP contribution in [0, 0.1) is 19.3 Å². The van der Waals surface area contributed by atoms with Crippen LogP contribution in [0.1, 0.15) is 52.3 Å². The van der Waals surface area contributed by atoms with Crippen molar-refractivity contribution in [2.45, 2.75) is 60.4 Å². The molecule has 0 fully saturated rings. The molecule has 0 aliphatic carbocycles. The molecule has 27 heavy (non-hydrogen) atoms. The van der Waals surface area contributed by atoms with Gasteiger partial charge in [0.25, 0.3) is 0 Å². The Balaban J connectivity index is 2.23. The van der Waals surface area contributed by atoms with Crippen LogP contribution in [0.5, 0.6) is 0 Å². The Labute approximate surface area is 167 Å². The van der Waals surface area contributed by atoms with Gasteiger partial charge in [0.1, 0.15) is 17.2 Å². The van der Waals surface area contributed by atoms with Crippen LogP contribution in [0.15, 0.2) is 36.4 Å². The van der Waals surface area contributed by atoms with Crippen LogP contribution in [0.2, 0.25) is 5.02 Å². The van der Waals surface area contributed by atoms with Gasteiger partial charge in [-0.15, -0.1) is 0 Å². The number of rotatable bonds is 4. The molecule has 0 aliphatic rings. The Hall–Kier alpha value is -2.00. The summed E-state index contributed by atoms with van der Waals surface area (Å²) in [4.78, 5) is 4.96. The van der Waals surface area contributed by atoms with Crippen molar-refractivity contribution in [1.29, 1.82) is 0 Å². The highest BCUT2D eigenvalue weighted by molar-refractivity contribution is 6.33. The molecule has 3 aromatic rings. The van der Waals surface area contributed by atoms with E-state index >= 15 is 0 Å². The largest absolute Gasteiger partial charge is 0.364 e. The number of aromatic nitrogens is 2. The number of pyridine rings is 1. The maximum Gasteiger partial charge on any atom is 0.139 e. The molecule has 0 spiro atoms. The molecule has 3 rings (SSSR count). The summed E-state index contributed by atoms with van der Waals surface area (Å²) in [6.45, 7) is 15.5. The SMILES string of the molecule is Cc1cc(C)n2c(NC(C)(C)CC(C)(C)C)c(-c3ccccc3Cl)nc2c1. The summed E-state index contributed by atoms with van der Waals surface area (Å²) in [6.07, 6.45) is 1.03. The summed E-state index contributed by atoms with van der Waals surface area (Å²) in [5.74, 6) is 1.00. The highest BCUT2D eigenvalue weighted by Crippen LogP contribution is 2.37. The second kappa shape index (κ2) is 6.87. The minimum atomic E-state index is -0.0957. The molecule has 4 heteroatoms. The van der Waals surface area contributed by atoms with Crippen molar-refractivity contribution < 1.29 is 0 Å². The van der Waals surface area contributed by atoms with E-state index in [-0.39, 0.29) is 11.0 Å². The third-order valence-electron chi connectivity index (χ3n) is 4.61. The molecule has 2 heterocycles. The number of benzene rings is 1. The molecule has 2 aromatic heterocycles. The van der Waals surface area contributed by atoms with Crippen molar-refractivity contribution in [2.75, 3.05) is 5.32 Å². The number of anilines is 1. The standard InChI is InChI=1S/C23H30ClN3/c1-15-12-16(2)27-19(13-15)25-20(17-10-8-9-11-18(17)24)21(27)26-23(6,7)14-22(3,4)5/h8-13,26H,14H2,1-7H3. The quantitative estimate of drug-likeness (QED) is 0.531. The minimum Gasteiger partial charge on any atom is -0.364 e. The Morgan fingerprint density at radius 1 is 1.04 bits per heavy atom. The van der Waals surface area contributed by atoms with Crippen molar-refractivity contribution in [3.05, 3.63) is 52.7 Å². The molecular formula is C23H30ClN3. The van der Waals surface area contributed by atoms with E-state index in [0.29, 0.717) is 5.02 Å². The number of fused-ring (bicyclic) bond motifs is 1. The summed E-state index contributed by atoms with van der Waals surface area (Å²) in [7, 11) is 0. The Kier molecular flexibility index (Phi) is 5.02. The third kappa shape index (κ3) is 4.30. The van der Waals surface area contributed by atoms with Crippen LogP contribution < -0.4 is 5.32 Å². The summed E-state index contributed by atoms with van der Waals surface area (Å²) in [5, 5.41) is 4.51. The summed E-state index contributed by atoms with van der Waals surface area (Å²) >= 11 is 6.53. The number of hydrogen-bond acceptors (Lipinski definition) is 2. The topological polar surface area (TPSA) is 29.3 Å². The lowest BCUT2D eigenvalue weighted by atomic mass is 9.82. The van der Waals surface area contributed by atoms with Gasteiger partial charge in [-0.1, -0.05) is 50.6 Å². The summed E-state index contributed by atoms with van der Waals surface area (Å²) in [6, 6.07) is 12.2. The van der Waals surface area contributed by atoms with E-state index in [0.717, 1.165) is 34.8 Å². The molecule has 0 aliphatic heterocycles. The maximum atomic E-state index is 6.53. The van der Waals surface area contributed by atoms with Crippen LogP contribution in [-0.4, -0.2) is 14.9 Å². The van der Waals surface area contributed by atoms with Gasteiger partial charge >= 0.3 is 0 Å². The molecule has 0 amide bonds. The van der Waals surface area contributed by atoms with Crippen molar-refractivity contribution in [2.24, 2.45) is 5.41 Å². The number of aryl methyl sites for hydroxylation is 2. The van der Waals surface area contributed by atoms with E-state index < -0.39 is 0 Å². The number of nitrogens with zero attached hydrogens (tertiary/aromatic N) is 2. The van der Waals surface area contributed by atoms with Crippen molar-refractivity contribution >= 4 is 23.1 Å². The third-order valence-corrected chi connectivity index (χ3v) is 4.94. The fourth-order valence-corrected chi connectivity index (χ4v) is 4.40. The summed E-state index contributed by atoms with van der Waals surface area (Å²) in [5.41, 5.74) is 5.28. The molecule has 0 atom stereocenters. The van der Waals surface area contributed by atoms with Gasteiger partial charge in [-0.05, 0) is 63.3 Å². The predicted molar refractivity (Wildman–Crippen MR) is 117 cm³/mol. The average molecular weight is 384 g/mol. The molecule has 0 unspecified atom stereocenters. The normalized spacial score (nSPS) is 12.6. The van der Waals surface area contributed by atoms with Gasteiger partial charge in [0, 0.05) is 16.8 Å². The van der Waals surface area contributed by atoms with Crippen LogP contribution >= 0.6 is 11.6 Å². The van der Waals surface area contributed by atoms with Crippen molar-refractivity contribution in [3.8, 4) is 11.3 Å². The molecule has 1 N–H and O–H groups in total. The van der Waals surface area contributed by atoms with Gasteiger partial charge in [0.15, 0.2) is 0 Å². The first-order valence-electron chi connectivity index (χ1n) is 9.50. The number of halogens is 1. The Morgan fingerprint density at radius 3 is 2.33 bits per heavy atom. The fraction of sp³-hybridized carbons (Fsp3) is 0.435. The molecule has 144 valence electrons. The van der Waals surface area contributed by atoms with Crippen molar-refractivity contribution in [3.63, 3.8) is 0 Å². The van der Waals surface area contributed by atoms with Gasteiger partial charge in [-0.3, -0.25) is 4.40 Å². The molecule has 0 saturated carbocycles. The highest BCUT2D eigenvalue weighted by Gasteiger charge is 2.28. The monoisotopic (exact) mass is 383 g/mol. The van der Waals surface area contributed by atoms with Crippen LogP contribution in [0.4, 0.5) is 5.82 Å². The van der Waals surface area contributed by atoms with E-state index in [1.54, 1.807) is 0 Å². The molecule has 3 nitrogen and oxygen atoms in total. The predicted octanol–water partition coefficient (Wildman–Crippen LogP) is 6.90. The van der Waals surface area contributed by atoms with Gasteiger partial charge in [-0.2, -0.15) is 0 Å². The molecule has 0 bridgehead atoms. The Bertz CT molecular complexity index is 977. The fourth-order valence-electron chi connectivity index (χ4n) is 4.18. The first-order chi connectivity index (χ1) is 12.5. The van der Waals surface area contributed by atoms with E-state index in [1.165, 1.54) is 5.56 Å². The first-order valence-corrected chi connectivity index (χ1v) is 9.87. The molecule has 0 radical (unpaired) electrons. The lowest BCUT2D eigenvalue weighted by molar-refractivity contribution is 0.302. The second-order valence-electron chi connectivity index (χ2n) is 9.40. The zero-order chi connectivity index (χ0) is 20.0. The number of imidazole rings is 1. The van der Waals surface area contributed by atoms with Gasteiger partial charge in [0.05, 0.1) is 5.02 Å². The zero-order valence-corrected chi connectivity index (χ0v) is 18.2. The van der Waals surface area contributed by atoms with Gasteiger partial charge in [0.2, 0.25) is 0 Å². The van der Waals surface area contributed by atoms with E-state index in [1.807, 2.05) is 24.3 Å². The minimum absolute atomic E-state index is 0.0957. The van der Waals surface area contributed by atoms with Gasteiger partial charge < -0.3 is 5.32 Å². The van der Waals surface area contributed by atoms with Crippen LogP contribution in [0.3, 0.4) is 0 Å². The van der Waals surface area contributed by atoms with E-state index in [2.05, 4.69) is 70.3 Å². The maximum absolute atomic E-state index is 6.53. The molecule has 0 saturated heterocycles. The average Bonchev–Trinajstić information content (AvgIpc) is 2.82. The van der Waals surface area contributed by atoms with Gasteiger partial charge in [-0.25, -0.2) is 4.98 Å². The first kappa shape index (κ1) is 19.8.